The van der Waals surface area contributed by atoms with Crippen molar-refractivity contribution in [2.45, 2.75) is 6.10 Å². The fourth-order valence-electron chi connectivity index (χ4n) is 1.63. The summed E-state index contributed by atoms with van der Waals surface area (Å²) in [4.78, 5) is 3.27. The van der Waals surface area contributed by atoms with Gasteiger partial charge in [0.2, 0.25) is 5.69 Å². The van der Waals surface area contributed by atoms with E-state index < -0.39 is 35.3 Å². The van der Waals surface area contributed by atoms with Gasteiger partial charge in [-0.15, -0.1) is 0 Å². The van der Waals surface area contributed by atoms with Crippen LogP contribution >= 0.6 is 0 Å². The zero-order valence-electron chi connectivity index (χ0n) is 9.89. The van der Waals surface area contributed by atoms with E-state index in [1.54, 1.807) is 12.1 Å². The number of guanidine groups is 1. The van der Waals surface area contributed by atoms with Crippen LogP contribution in [-0.4, -0.2) is 35.5 Å². The monoisotopic (exact) mass is 270 g/mol. The lowest BCUT2D eigenvalue weighted by atomic mass is 10.2. The van der Waals surface area contributed by atoms with Crippen molar-refractivity contribution < 1.29 is 20.1 Å². The lowest BCUT2D eigenvalue weighted by Crippen LogP contribution is -3.08. The Morgan fingerprint density at radius 3 is 2.84 bits per heavy atom. The van der Waals surface area contributed by atoms with Gasteiger partial charge in [-0.3, -0.25) is 5.06 Å². The predicted molar refractivity (Wildman–Crippen MR) is 66.3 cm³/mol. The van der Waals surface area contributed by atoms with Crippen LogP contribution in [0, 0.1) is 10.4 Å². The maximum atomic E-state index is 12.4. The number of hydrogen-bond donors (Lipinski definition) is 4. The van der Waals surface area contributed by atoms with E-state index in [1.807, 2.05) is 0 Å². The fourth-order valence-corrected chi connectivity index (χ4v) is 1.63. The van der Waals surface area contributed by atoms with Crippen molar-refractivity contribution in [1.82, 2.24) is 4.92 Å². The average Bonchev–Trinajstić information content (AvgIpc) is 2.42. The molecular weight excluding hydrogens is 256 g/mol. The minimum atomic E-state index is -1.65. The second-order valence-corrected chi connectivity index (χ2v) is 3.98. The molecule has 0 saturated heterocycles. The number of aliphatic hydroxyl groups excluding tert-OH is 2. The van der Waals surface area contributed by atoms with Crippen LogP contribution in [0.2, 0.25) is 0 Å². The second-order valence-electron chi connectivity index (χ2n) is 3.98. The van der Waals surface area contributed by atoms with Gasteiger partial charge in [0.15, 0.2) is 0 Å². The van der Waals surface area contributed by atoms with Gasteiger partial charge in [-0.2, -0.15) is 4.84 Å². The van der Waals surface area contributed by atoms with Gasteiger partial charge in [0, 0.05) is 17.2 Å². The standard InChI is InChI=1S/C10H14N4O5/c11-10-12-14(18,19-6-7(16)5-15)9-4-2-1-3-8(9)13(10)17/h1-4,7,13,15-16H,5-6H2,(H2,11,12). The zero-order valence-corrected chi connectivity index (χ0v) is 9.89. The minimum absolute atomic E-state index is 0.0214. The molecule has 0 bridgehead atoms. The van der Waals surface area contributed by atoms with Crippen molar-refractivity contribution >= 4 is 17.3 Å². The Hall–Kier alpha value is -1.59. The van der Waals surface area contributed by atoms with Gasteiger partial charge in [-0.05, 0) is 4.92 Å². The molecule has 9 nitrogen and oxygen atoms in total. The normalized spacial score (nSPS) is 27.6. The van der Waals surface area contributed by atoms with Crippen molar-refractivity contribution in [3.63, 3.8) is 0 Å². The van der Waals surface area contributed by atoms with E-state index in [1.165, 1.54) is 12.1 Å². The molecule has 1 aromatic carbocycles. The first-order chi connectivity index (χ1) is 8.98. The van der Waals surface area contributed by atoms with Gasteiger partial charge in [-0.1, -0.05) is 12.1 Å². The number of fused-ring (bicyclic) bond motifs is 1. The van der Waals surface area contributed by atoms with Crippen molar-refractivity contribution in [2.24, 2.45) is 10.8 Å². The molecule has 104 valence electrons. The van der Waals surface area contributed by atoms with Crippen LogP contribution < -0.4 is 15.7 Å². The Balaban J connectivity index is 2.33. The summed E-state index contributed by atoms with van der Waals surface area (Å²) in [5, 5.41) is 45.0. The van der Waals surface area contributed by atoms with Gasteiger partial charge >= 0.3 is 5.96 Å². The molecule has 1 aromatic rings. The number of aliphatic hydroxyl groups is 2. The second kappa shape index (κ2) is 5.19. The third-order valence-electron chi connectivity index (χ3n) is 2.58. The third kappa shape index (κ3) is 2.57. The molecule has 0 saturated carbocycles. The number of hydroxylamine groups is 1. The molecule has 0 amide bonds. The SMILES string of the molecule is NC1=N[N+]([O-])(OCC(O)CO)c2ccccc2[NH+]1[O-]. The minimum Gasteiger partial charge on any atom is -0.621 e. The first-order valence-corrected chi connectivity index (χ1v) is 5.51. The van der Waals surface area contributed by atoms with Gasteiger partial charge in [0.25, 0.3) is 5.69 Å². The summed E-state index contributed by atoms with van der Waals surface area (Å²) in [6, 6.07) is 5.97. The molecule has 1 aliphatic rings. The van der Waals surface area contributed by atoms with Crippen molar-refractivity contribution in [3.05, 3.63) is 34.7 Å². The highest BCUT2D eigenvalue weighted by molar-refractivity contribution is 5.78. The number of para-hydroxylation sites is 1. The van der Waals surface area contributed by atoms with Crippen LogP contribution in [0.4, 0.5) is 11.4 Å². The molecule has 0 radical (unpaired) electrons. The van der Waals surface area contributed by atoms with E-state index in [-0.39, 0.29) is 11.4 Å². The number of nitrogens with one attached hydrogen (secondary N) is 1. The summed E-state index contributed by atoms with van der Waals surface area (Å²) >= 11 is 0. The van der Waals surface area contributed by atoms with Gasteiger partial charge in [0.05, 0.1) is 6.61 Å². The number of nitrogens with zero attached hydrogens (tertiary/aromatic N) is 2. The fraction of sp³-hybridized carbons (Fsp3) is 0.300. The molecule has 1 aliphatic heterocycles. The van der Waals surface area contributed by atoms with Crippen LogP contribution in [0.5, 0.6) is 0 Å². The maximum absolute atomic E-state index is 12.4. The number of benzene rings is 1. The molecule has 5 N–H and O–H groups in total. The quantitative estimate of drug-likeness (QED) is 0.370. The Labute approximate surface area is 108 Å². The predicted octanol–water partition coefficient (Wildman–Crippen LogP) is -1.97. The first-order valence-electron chi connectivity index (χ1n) is 5.51. The third-order valence-corrected chi connectivity index (χ3v) is 2.58. The Morgan fingerprint density at radius 1 is 1.47 bits per heavy atom. The van der Waals surface area contributed by atoms with Crippen molar-refractivity contribution in [1.29, 1.82) is 0 Å². The van der Waals surface area contributed by atoms with Gasteiger partial charge in [0.1, 0.15) is 12.7 Å². The van der Waals surface area contributed by atoms with Crippen molar-refractivity contribution in [3.8, 4) is 0 Å². The lowest BCUT2D eigenvalue weighted by Gasteiger charge is -2.37. The highest BCUT2D eigenvalue weighted by Crippen LogP contribution is 2.31. The van der Waals surface area contributed by atoms with Gasteiger partial charge in [-0.25, -0.2) is 0 Å². The highest BCUT2D eigenvalue weighted by Gasteiger charge is 2.38. The summed E-state index contributed by atoms with van der Waals surface area (Å²) in [6.45, 7) is -1.00. The number of rotatable bonds is 4. The molecule has 0 aromatic heterocycles. The smallest absolute Gasteiger partial charge is 0.355 e. The lowest BCUT2D eigenvalue weighted by molar-refractivity contribution is -0.672. The topological polar surface area (TPSA) is 139 Å². The van der Waals surface area contributed by atoms with Crippen LogP contribution in [0.25, 0.3) is 0 Å². The summed E-state index contributed by atoms with van der Waals surface area (Å²) in [6.07, 6.45) is -1.22. The molecule has 3 unspecified atom stereocenters. The molecule has 0 aliphatic carbocycles. The van der Waals surface area contributed by atoms with Crippen LogP contribution in [0.15, 0.2) is 29.4 Å². The van der Waals surface area contributed by atoms with Gasteiger partial charge < -0.3 is 26.4 Å². The number of hydrogen-bond acceptors (Lipinski definition) is 7. The van der Waals surface area contributed by atoms with E-state index in [4.69, 9.17) is 15.7 Å². The van der Waals surface area contributed by atoms with E-state index in [0.717, 1.165) is 0 Å². The summed E-state index contributed by atoms with van der Waals surface area (Å²) in [5.74, 6) is -0.466. The molecule has 0 fully saturated rings. The van der Waals surface area contributed by atoms with E-state index in [9.17, 15) is 15.5 Å². The number of nitrogens with two attached hydrogens (primary N) is 1. The Bertz CT molecular complexity index is 497. The Morgan fingerprint density at radius 2 is 2.16 bits per heavy atom. The Kier molecular flexibility index (Phi) is 3.78. The van der Waals surface area contributed by atoms with E-state index >= 15 is 0 Å². The molecule has 19 heavy (non-hydrogen) atoms. The highest BCUT2D eigenvalue weighted by atomic mass is 17.0. The molecular formula is C10H14N4O5. The molecule has 3 atom stereocenters. The van der Waals surface area contributed by atoms with E-state index in [0.29, 0.717) is 0 Å². The summed E-state index contributed by atoms with van der Waals surface area (Å²) in [5.41, 5.74) is 5.48. The largest absolute Gasteiger partial charge is 0.621 e. The molecule has 1 heterocycles. The van der Waals surface area contributed by atoms with E-state index in [2.05, 4.69) is 5.10 Å². The zero-order chi connectivity index (χ0) is 14.0. The molecule has 2 rings (SSSR count). The summed E-state index contributed by atoms with van der Waals surface area (Å²) in [7, 11) is 0. The maximum Gasteiger partial charge on any atom is 0.355 e. The van der Waals surface area contributed by atoms with Crippen LogP contribution in [-0.2, 0) is 4.84 Å². The first kappa shape index (κ1) is 13.8. The summed E-state index contributed by atoms with van der Waals surface area (Å²) < 4.78 is 0. The molecule has 0 spiro atoms. The van der Waals surface area contributed by atoms with Crippen molar-refractivity contribution in [2.75, 3.05) is 13.2 Å². The number of quaternary nitrogens is 2. The van der Waals surface area contributed by atoms with Crippen LogP contribution in [0.1, 0.15) is 0 Å². The van der Waals surface area contributed by atoms with Crippen LogP contribution in [0.3, 0.4) is 0 Å². The molecule has 9 heteroatoms. The average molecular weight is 270 g/mol.